The summed E-state index contributed by atoms with van der Waals surface area (Å²) < 4.78 is 0. The second-order valence-electron chi connectivity index (χ2n) is 2.38. The van der Waals surface area contributed by atoms with Crippen molar-refractivity contribution in [1.29, 1.82) is 5.26 Å². The van der Waals surface area contributed by atoms with E-state index in [0.29, 0.717) is 11.1 Å². The molecule has 1 atom stereocenters. The summed E-state index contributed by atoms with van der Waals surface area (Å²) in [7, 11) is 0. The van der Waals surface area contributed by atoms with E-state index in [1.165, 1.54) is 6.08 Å². The maximum Gasteiger partial charge on any atom is 0.0995 e. The molecule has 12 heavy (non-hydrogen) atoms. The quantitative estimate of drug-likeness (QED) is 0.668. The lowest BCUT2D eigenvalue weighted by Crippen LogP contribution is -1.95. The molecule has 1 unspecified atom stereocenters. The Hall–Kier alpha value is -1.59. The maximum absolute atomic E-state index is 9.37. The molecule has 0 aromatic heterocycles. The van der Waals surface area contributed by atoms with Gasteiger partial charge in [0.25, 0.3) is 0 Å². The number of nitrogens with zero attached hydrogens (tertiary/aromatic N) is 1. The van der Waals surface area contributed by atoms with Gasteiger partial charge in [0.05, 0.1) is 17.7 Å². The van der Waals surface area contributed by atoms with Crippen molar-refractivity contribution in [2.45, 2.75) is 6.10 Å². The third kappa shape index (κ3) is 1.52. The standard InChI is InChI=1S/C10H9NO/c1-2-10(12)9-6-4-3-5-8(9)7-11/h2-6,10,12H,1H2. The predicted molar refractivity (Wildman–Crippen MR) is 46.3 cm³/mol. The van der Waals surface area contributed by atoms with Gasteiger partial charge in [0.2, 0.25) is 0 Å². The molecule has 0 aliphatic rings. The zero-order valence-electron chi connectivity index (χ0n) is 6.57. The van der Waals surface area contributed by atoms with Crippen LogP contribution in [-0.2, 0) is 0 Å². The Bertz CT molecular complexity index is 325. The van der Waals surface area contributed by atoms with Crippen molar-refractivity contribution in [3.05, 3.63) is 48.0 Å². The van der Waals surface area contributed by atoms with E-state index in [4.69, 9.17) is 5.26 Å². The van der Waals surface area contributed by atoms with Crippen LogP contribution in [0.25, 0.3) is 0 Å². The first kappa shape index (κ1) is 8.51. The highest BCUT2D eigenvalue weighted by atomic mass is 16.3. The third-order valence-corrected chi connectivity index (χ3v) is 1.62. The molecule has 2 nitrogen and oxygen atoms in total. The molecule has 0 fully saturated rings. The molecule has 0 saturated carbocycles. The lowest BCUT2D eigenvalue weighted by atomic mass is 10.0. The second kappa shape index (κ2) is 3.70. The van der Waals surface area contributed by atoms with Crippen LogP contribution in [0.2, 0.25) is 0 Å². The molecule has 0 spiro atoms. The summed E-state index contributed by atoms with van der Waals surface area (Å²) >= 11 is 0. The van der Waals surface area contributed by atoms with Crippen molar-refractivity contribution in [2.24, 2.45) is 0 Å². The molecule has 0 radical (unpaired) electrons. The Morgan fingerprint density at radius 1 is 1.50 bits per heavy atom. The average Bonchev–Trinajstić information content (AvgIpc) is 2.16. The fraction of sp³-hybridized carbons (Fsp3) is 0.100. The van der Waals surface area contributed by atoms with Crippen LogP contribution in [-0.4, -0.2) is 5.11 Å². The highest BCUT2D eigenvalue weighted by Crippen LogP contribution is 2.17. The van der Waals surface area contributed by atoms with Gasteiger partial charge < -0.3 is 5.11 Å². The van der Waals surface area contributed by atoms with E-state index in [9.17, 15) is 5.11 Å². The smallest absolute Gasteiger partial charge is 0.0995 e. The van der Waals surface area contributed by atoms with Crippen LogP contribution in [0.3, 0.4) is 0 Å². The van der Waals surface area contributed by atoms with E-state index in [-0.39, 0.29) is 0 Å². The maximum atomic E-state index is 9.37. The topological polar surface area (TPSA) is 44.0 Å². The van der Waals surface area contributed by atoms with Gasteiger partial charge in [-0.05, 0) is 6.07 Å². The first-order valence-corrected chi connectivity index (χ1v) is 3.59. The van der Waals surface area contributed by atoms with Crippen LogP contribution in [0.5, 0.6) is 0 Å². The van der Waals surface area contributed by atoms with Gasteiger partial charge in [0.15, 0.2) is 0 Å². The SMILES string of the molecule is C=CC(O)c1ccccc1C#N. The molecule has 1 aromatic carbocycles. The summed E-state index contributed by atoms with van der Waals surface area (Å²) in [5.41, 5.74) is 1.10. The Labute approximate surface area is 71.4 Å². The van der Waals surface area contributed by atoms with Crippen molar-refractivity contribution in [3.63, 3.8) is 0 Å². The van der Waals surface area contributed by atoms with E-state index in [1.54, 1.807) is 24.3 Å². The molecule has 0 aliphatic carbocycles. The molecule has 1 rings (SSSR count). The molecule has 0 heterocycles. The van der Waals surface area contributed by atoms with Gasteiger partial charge in [-0.25, -0.2) is 0 Å². The average molecular weight is 159 g/mol. The Morgan fingerprint density at radius 2 is 2.17 bits per heavy atom. The van der Waals surface area contributed by atoms with Gasteiger partial charge in [-0.15, -0.1) is 6.58 Å². The molecular weight excluding hydrogens is 150 g/mol. The predicted octanol–water partition coefficient (Wildman–Crippen LogP) is 1.78. The summed E-state index contributed by atoms with van der Waals surface area (Å²) in [4.78, 5) is 0. The molecular formula is C10H9NO. The van der Waals surface area contributed by atoms with Gasteiger partial charge in [-0.3, -0.25) is 0 Å². The lowest BCUT2D eigenvalue weighted by Gasteiger charge is -2.06. The number of hydrogen-bond donors (Lipinski definition) is 1. The number of benzene rings is 1. The van der Waals surface area contributed by atoms with Gasteiger partial charge in [0.1, 0.15) is 0 Å². The highest BCUT2D eigenvalue weighted by molar-refractivity contribution is 5.39. The zero-order valence-corrected chi connectivity index (χ0v) is 6.57. The lowest BCUT2D eigenvalue weighted by molar-refractivity contribution is 0.229. The summed E-state index contributed by atoms with van der Waals surface area (Å²) in [5.74, 6) is 0. The van der Waals surface area contributed by atoms with Crippen molar-refractivity contribution in [1.82, 2.24) is 0 Å². The summed E-state index contributed by atoms with van der Waals surface area (Å²) in [6.45, 7) is 3.45. The molecule has 1 aromatic rings. The molecule has 0 saturated heterocycles. The minimum absolute atomic E-state index is 0.491. The zero-order chi connectivity index (χ0) is 8.97. The van der Waals surface area contributed by atoms with Crippen LogP contribution in [0, 0.1) is 11.3 Å². The number of hydrogen-bond acceptors (Lipinski definition) is 2. The number of rotatable bonds is 2. The molecule has 2 heteroatoms. The summed E-state index contributed by atoms with van der Waals surface area (Å²) in [6.07, 6.45) is 0.650. The minimum Gasteiger partial charge on any atom is -0.384 e. The third-order valence-electron chi connectivity index (χ3n) is 1.62. The van der Waals surface area contributed by atoms with Crippen molar-refractivity contribution in [2.75, 3.05) is 0 Å². The van der Waals surface area contributed by atoms with Crippen LogP contribution < -0.4 is 0 Å². The minimum atomic E-state index is -0.749. The van der Waals surface area contributed by atoms with Crippen molar-refractivity contribution >= 4 is 0 Å². The molecule has 0 bridgehead atoms. The highest BCUT2D eigenvalue weighted by Gasteiger charge is 2.06. The number of aliphatic hydroxyl groups is 1. The van der Waals surface area contributed by atoms with Gasteiger partial charge in [0, 0.05) is 5.56 Å². The largest absolute Gasteiger partial charge is 0.384 e. The normalized spacial score (nSPS) is 11.7. The van der Waals surface area contributed by atoms with Crippen LogP contribution >= 0.6 is 0 Å². The Kier molecular flexibility index (Phi) is 2.62. The van der Waals surface area contributed by atoms with E-state index in [1.807, 2.05) is 6.07 Å². The van der Waals surface area contributed by atoms with Crippen LogP contribution in [0.4, 0.5) is 0 Å². The van der Waals surface area contributed by atoms with Crippen molar-refractivity contribution in [3.8, 4) is 6.07 Å². The van der Waals surface area contributed by atoms with Gasteiger partial charge >= 0.3 is 0 Å². The monoisotopic (exact) mass is 159 g/mol. The van der Waals surface area contributed by atoms with Gasteiger partial charge in [-0.2, -0.15) is 5.26 Å². The van der Waals surface area contributed by atoms with E-state index in [0.717, 1.165) is 0 Å². The summed E-state index contributed by atoms with van der Waals surface area (Å²) in [6, 6.07) is 8.93. The fourth-order valence-electron chi connectivity index (χ4n) is 0.984. The molecule has 0 amide bonds. The van der Waals surface area contributed by atoms with E-state index >= 15 is 0 Å². The summed E-state index contributed by atoms with van der Waals surface area (Å²) in [5, 5.41) is 18.0. The second-order valence-corrected chi connectivity index (χ2v) is 2.38. The van der Waals surface area contributed by atoms with Crippen molar-refractivity contribution < 1.29 is 5.11 Å². The number of aliphatic hydroxyl groups excluding tert-OH is 1. The number of nitriles is 1. The first-order chi connectivity index (χ1) is 5.79. The Balaban J connectivity index is 3.15. The Morgan fingerprint density at radius 3 is 2.75 bits per heavy atom. The fourth-order valence-corrected chi connectivity index (χ4v) is 0.984. The van der Waals surface area contributed by atoms with Gasteiger partial charge in [-0.1, -0.05) is 24.3 Å². The molecule has 0 aliphatic heterocycles. The van der Waals surface area contributed by atoms with Crippen LogP contribution in [0.15, 0.2) is 36.9 Å². The molecule has 1 N–H and O–H groups in total. The van der Waals surface area contributed by atoms with Crippen LogP contribution in [0.1, 0.15) is 17.2 Å². The van der Waals surface area contributed by atoms with E-state index < -0.39 is 6.10 Å². The van der Waals surface area contributed by atoms with E-state index in [2.05, 4.69) is 6.58 Å². The first-order valence-electron chi connectivity index (χ1n) is 3.59. The molecule has 60 valence electrons.